The van der Waals surface area contributed by atoms with E-state index in [9.17, 15) is 9.18 Å². The second kappa shape index (κ2) is 10.4. The Morgan fingerprint density at radius 2 is 1.97 bits per heavy atom. The van der Waals surface area contributed by atoms with Gasteiger partial charge in [0.2, 0.25) is 0 Å². The lowest BCUT2D eigenvalue weighted by Gasteiger charge is -2.13. The molecule has 2 aromatic rings. The Balaban J connectivity index is 2.33. The minimum atomic E-state index is -0.384. The second-order valence-electron chi connectivity index (χ2n) is 6.22. The first kappa shape index (κ1) is 22.9. The van der Waals surface area contributed by atoms with E-state index in [1.54, 1.807) is 13.0 Å². The van der Waals surface area contributed by atoms with Crippen molar-refractivity contribution in [3.8, 4) is 0 Å². The fraction of sp³-hybridized carbons (Fsp3) is 0.250. The molecule has 0 bridgehead atoms. The van der Waals surface area contributed by atoms with E-state index in [2.05, 4.69) is 34.1 Å². The summed E-state index contributed by atoms with van der Waals surface area (Å²) in [6.07, 6.45) is 0. The van der Waals surface area contributed by atoms with Crippen molar-refractivity contribution in [2.24, 2.45) is 10.3 Å². The molecule has 154 valence electrons. The number of aryl methyl sites for hydroxylation is 1. The Labute approximate surface area is 174 Å². The maximum Gasteiger partial charge on any atom is 0.273 e. The van der Waals surface area contributed by atoms with Gasteiger partial charge in [0.05, 0.1) is 5.71 Å². The molecule has 1 amide bonds. The number of oxime groups is 2. The van der Waals surface area contributed by atoms with Gasteiger partial charge in [0.15, 0.2) is 5.71 Å². The van der Waals surface area contributed by atoms with E-state index in [4.69, 9.17) is 9.68 Å². The van der Waals surface area contributed by atoms with E-state index >= 15 is 0 Å². The standard InChI is InChI=1S/C20H24FN3O3P2/c1-11-6-5-7-14(19(24-26-4)20(25)22-3)15(11)10-27-23-12(2)18-16(21)8-13(28)9-17(18)29/h5-9H,10,28-29H2,1-4H3,(H,22,25)/b23-12+,24-19+. The van der Waals surface area contributed by atoms with Gasteiger partial charge in [0, 0.05) is 23.7 Å². The van der Waals surface area contributed by atoms with Crippen LogP contribution < -0.4 is 15.9 Å². The van der Waals surface area contributed by atoms with Crippen molar-refractivity contribution in [1.29, 1.82) is 0 Å². The quantitative estimate of drug-likeness (QED) is 0.412. The van der Waals surface area contributed by atoms with Crippen LogP contribution in [-0.2, 0) is 21.1 Å². The van der Waals surface area contributed by atoms with Gasteiger partial charge in [-0.3, -0.25) is 4.79 Å². The van der Waals surface area contributed by atoms with Crippen LogP contribution in [0.1, 0.15) is 29.2 Å². The Kier molecular flexibility index (Phi) is 8.24. The number of benzene rings is 2. The zero-order valence-corrected chi connectivity index (χ0v) is 19.1. The zero-order chi connectivity index (χ0) is 21.6. The van der Waals surface area contributed by atoms with Crippen LogP contribution in [0.15, 0.2) is 40.6 Å². The summed E-state index contributed by atoms with van der Waals surface area (Å²) in [5.41, 5.74) is 3.11. The minimum absolute atomic E-state index is 0.0780. The first-order valence-electron chi connectivity index (χ1n) is 8.73. The molecule has 0 spiro atoms. The summed E-state index contributed by atoms with van der Waals surface area (Å²) in [6, 6.07) is 8.71. The van der Waals surface area contributed by atoms with Crippen LogP contribution in [0, 0.1) is 12.7 Å². The average Bonchev–Trinajstić information content (AvgIpc) is 2.66. The van der Waals surface area contributed by atoms with Crippen molar-refractivity contribution in [3.05, 3.63) is 58.4 Å². The highest BCUT2D eigenvalue weighted by Gasteiger charge is 2.19. The van der Waals surface area contributed by atoms with Gasteiger partial charge in [-0.2, -0.15) is 0 Å². The van der Waals surface area contributed by atoms with E-state index < -0.39 is 0 Å². The summed E-state index contributed by atoms with van der Waals surface area (Å²) in [6.45, 7) is 3.65. The van der Waals surface area contributed by atoms with E-state index in [1.807, 2.05) is 25.1 Å². The summed E-state index contributed by atoms with van der Waals surface area (Å²) in [4.78, 5) is 22.5. The van der Waals surface area contributed by atoms with Crippen molar-refractivity contribution in [1.82, 2.24) is 5.32 Å². The Morgan fingerprint density at radius 3 is 2.59 bits per heavy atom. The number of amides is 1. The highest BCUT2D eigenvalue weighted by molar-refractivity contribution is 7.29. The average molecular weight is 435 g/mol. The normalized spacial score (nSPS) is 12.0. The molecule has 0 aliphatic rings. The zero-order valence-electron chi connectivity index (χ0n) is 16.7. The minimum Gasteiger partial charge on any atom is -0.398 e. The molecule has 0 aromatic heterocycles. The number of likely N-dealkylation sites (N-methyl/N-ethyl adjacent to an activating group) is 1. The number of hydrogen-bond donors (Lipinski definition) is 1. The maximum absolute atomic E-state index is 14.3. The van der Waals surface area contributed by atoms with Crippen LogP contribution in [0.3, 0.4) is 0 Å². The summed E-state index contributed by atoms with van der Waals surface area (Å²) in [5, 5.41) is 11.9. The van der Waals surface area contributed by atoms with E-state index in [1.165, 1.54) is 20.2 Å². The molecule has 0 fully saturated rings. The molecule has 9 heteroatoms. The van der Waals surface area contributed by atoms with Crippen LogP contribution in [0.25, 0.3) is 0 Å². The van der Waals surface area contributed by atoms with Gasteiger partial charge in [0.1, 0.15) is 19.5 Å². The molecule has 0 aliphatic heterocycles. The third-order valence-electron chi connectivity index (χ3n) is 4.21. The first-order valence-corrected chi connectivity index (χ1v) is 9.89. The fourth-order valence-corrected chi connectivity index (χ4v) is 3.87. The molecule has 2 rings (SSSR count). The first-order chi connectivity index (χ1) is 13.8. The lowest BCUT2D eigenvalue weighted by molar-refractivity contribution is -0.114. The Hall–Kier alpha value is -2.36. The van der Waals surface area contributed by atoms with Gasteiger partial charge in [-0.05, 0) is 42.2 Å². The topological polar surface area (TPSA) is 72.3 Å². The lowest BCUT2D eigenvalue weighted by Crippen LogP contribution is -2.29. The predicted molar refractivity (Wildman–Crippen MR) is 121 cm³/mol. The highest BCUT2D eigenvalue weighted by atomic mass is 31.0. The summed E-state index contributed by atoms with van der Waals surface area (Å²) >= 11 is 0. The molecule has 0 saturated heterocycles. The van der Waals surface area contributed by atoms with Crippen LogP contribution in [0.2, 0.25) is 0 Å². The number of nitrogens with zero attached hydrogens (tertiary/aromatic N) is 2. The second-order valence-corrected chi connectivity index (χ2v) is 7.51. The summed E-state index contributed by atoms with van der Waals surface area (Å²) in [5.74, 6) is -0.760. The lowest BCUT2D eigenvalue weighted by atomic mass is 9.98. The van der Waals surface area contributed by atoms with Gasteiger partial charge >= 0.3 is 0 Å². The van der Waals surface area contributed by atoms with Gasteiger partial charge in [-0.15, -0.1) is 18.5 Å². The number of nitrogens with one attached hydrogen (secondary N) is 1. The predicted octanol–water partition coefficient (Wildman–Crippen LogP) is 2.17. The van der Waals surface area contributed by atoms with Gasteiger partial charge in [0.25, 0.3) is 5.91 Å². The fourth-order valence-electron chi connectivity index (χ4n) is 2.81. The van der Waals surface area contributed by atoms with Crippen molar-refractivity contribution in [2.45, 2.75) is 20.5 Å². The molecular formula is C20H24FN3O3P2. The summed E-state index contributed by atoms with van der Waals surface area (Å²) < 4.78 is 14.3. The van der Waals surface area contributed by atoms with Crippen molar-refractivity contribution < 1.29 is 18.9 Å². The molecule has 0 saturated carbocycles. The van der Waals surface area contributed by atoms with E-state index in [-0.39, 0.29) is 24.0 Å². The number of carbonyl (C=O) groups excluding carboxylic acids is 1. The van der Waals surface area contributed by atoms with Crippen LogP contribution >= 0.6 is 18.5 Å². The van der Waals surface area contributed by atoms with Gasteiger partial charge < -0.3 is 15.0 Å². The molecule has 29 heavy (non-hydrogen) atoms. The van der Waals surface area contributed by atoms with Crippen LogP contribution in [0.5, 0.6) is 0 Å². The van der Waals surface area contributed by atoms with Gasteiger partial charge in [-0.1, -0.05) is 28.5 Å². The molecular weight excluding hydrogens is 411 g/mol. The SMILES string of the molecule is CNC(=O)/C(=N/OC)c1cccc(C)c1CO/N=C(\C)c1c(F)cc(P)cc1P. The molecule has 0 aliphatic carbocycles. The molecule has 0 heterocycles. The van der Waals surface area contributed by atoms with Crippen molar-refractivity contribution >= 4 is 46.4 Å². The van der Waals surface area contributed by atoms with E-state index in [0.29, 0.717) is 22.1 Å². The van der Waals surface area contributed by atoms with Crippen molar-refractivity contribution in [2.75, 3.05) is 14.2 Å². The maximum atomic E-state index is 14.3. The van der Waals surface area contributed by atoms with Crippen molar-refractivity contribution in [3.63, 3.8) is 0 Å². The number of halogens is 1. The number of carbonyl (C=O) groups is 1. The molecule has 2 unspecified atom stereocenters. The molecule has 0 radical (unpaired) electrons. The smallest absolute Gasteiger partial charge is 0.273 e. The largest absolute Gasteiger partial charge is 0.398 e. The van der Waals surface area contributed by atoms with Crippen LogP contribution in [0.4, 0.5) is 4.39 Å². The number of rotatable bonds is 7. The molecule has 2 aromatic carbocycles. The van der Waals surface area contributed by atoms with Crippen LogP contribution in [-0.4, -0.2) is 31.5 Å². The third kappa shape index (κ3) is 5.59. The Bertz CT molecular complexity index is 954. The molecule has 2 atom stereocenters. The Morgan fingerprint density at radius 1 is 1.24 bits per heavy atom. The summed E-state index contributed by atoms with van der Waals surface area (Å²) in [7, 11) is 7.86. The monoisotopic (exact) mass is 435 g/mol. The third-order valence-corrected chi connectivity index (χ3v) is 4.99. The number of hydrogen-bond acceptors (Lipinski definition) is 5. The van der Waals surface area contributed by atoms with E-state index in [0.717, 1.165) is 16.4 Å². The molecule has 1 N–H and O–H groups in total. The molecule has 6 nitrogen and oxygen atoms in total. The van der Waals surface area contributed by atoms with Gasteiger partial charge in [-0.25, -0.2) is 4.39 Å². The highest BCUT2D eigenvalue weighted by Crippen LogP contribution is 2.18.